The Labute approximate surface area is 182 Å². The van der Waals surface area contributed by atoms with Gasteiger partial charge in [0.15, 0.2) is 0 Å². The van der Waals surface area contributed by atoms with Gasteiger partial charge < -0.3 is 15.6 Å². The summed E-state index contributed by atoms with van der Waals surface area (Å²) in [5, 5.41) is 2.92. The number of carbonyl (C=O) groups excluding carboxylic acids is 1. The number of imidazole rings is 1. The van der Waals surface area contributed by atoms with E-state index in [0.29, 0.717) is 12.1 Å². The Bertz CT molecular complexity index is 1000. The van der Waals surface area contributed by atoms with Crippen molar-refractivity contribution in [2.24, 2.45) is 11.7 Å². The number of halogens is 3. The molecule has 5 nitrogen and oxygen atoms in total. The molecule has 0 aliphatic heterocycles. The smallest absolute Gasteiger partial charge is 0.228 e. The van der Waals surface area contributed by atoms with Crippen LogP contribution in [0.5, 0.6) is 0 Å². The van der Waals surface area contributed by atoms with Crippen LogP contribution >= 0.6 is 24.8 Å². The molecule has 3 N–H and O–H groups in total. The van der Waals surface area contributed by atoms with Gasteiger partial charge in [0.2, 0.25) is 5.91 Å². The minimum atomic E-state index is -0.300. The van der Waals surface area contributed by atoms with E-state index in [1.54, 1.807) is 13.0 Å². The highest BCUT2D eigenvalue weighted by Gasteiger charge is 2.17. The first-order chi connectivity index (χ1) is 12.8. The molecule has 0 saturated heterocycles. The summed E-state index contributed by atoms with van der Waals surface area (Å²) in [6, 6.07) is 10.6. The molecule has 0 bridgehead atoms. The van der Waals surface area contributed by atoms with Gasteiger partial charge in [-0.3, -0.25) is 4.79 Å². The largest absolute Gasteiger partial charge is 0.330 e. The van der Waals surface area contributed by atoms with Crippen LogP contribution in [-0.2, 0) is 4.79 Å². The first-order valence-corrected chi connectivity index (χ1v) is 9.11. The van der Waals surface area contributed by atoms with E-state index in [1.165, 1.54) is 12.1 Å². The zero-order valence-corrected chi connectivity index (χ0v) is 18.5. The monoisotopic (exact) mass is 440 g/mol. The summed E-state index contributed by atoms with van der Waals surface area (Å²) in [4.78, 5) is 16.8. The number of nitrogens with two attached hydrogens (primary N) is 1. The van der Waals surface area contributed by atoms with Crippen molar-refractivity contribution in [3.05, 3.63) is 47.8 Å². The SMILES string of the molecule is Cc1cc(-c2nc3cc(F)ccc3n2C(C)C)ccc1NC(=O)C(C)CN.Cl.Cl. The third-order valence-corrected chi connectivity index (χ3v) is 4.71. The number of amides is 1. The summed E-state index contributed by atoms with van der Waals surface area (Å²) in [7, 11) is 0. The molecule has 3 aromatic rings. The van der Waals surface area contributed by atoms with Crippen LogP contribution < -0.4 is 11.1 Å². The maximum absolute atomic E-state index is 13.6. The number of nitrogens with zero attached hydrogens (tertiary/aromatic N) is 2. The average molecular weight is 441 g/mol. The number of fused-ring (bicyclic) bond motifs is 1. The molecule has 0 spiro atoms. The van der Waals surface area contributed by atoms with E-state index in [-0.39, 0.29) is 48.5 Å². The average Bonchev–Trinajstić information content (AvgIpc) is 3.01. The molecule has 0 saturated carbocycles. The second kappa shape index (κ2) is 10.1. The zero-order valence-electron chi connectivity index (χ0n) is 16.9. The molecule has 0 aliphatic carbocycles. The van der Waals surface area contributed by atoms with Gasteiger partial charge in [-0.1, -0.05) is 6.92 Å². The molecule has 1 unspecified atom stereocenters. The molecule has 3 rings (SSSR count). The highest BCUT2D eigenvalue weighted by molar-refractivity contribution is 5.93. The van der Waals surface area contributed by atoms with Gasteiger partial charge in [-0.2, -0.15) is 0 Å². The molecule has 29 heavy (non-hydrogen) atoms. The molecule has 1 aromatic heterocycles. The summed E-state index contributed by atoms with van der Waals surface area (Å²) in [5.74, 6) is 0.134. The van der Waals surface area contributed by atoms with Crippen LogP contribution in [-0.4, -0.2) is 22.0 Å². The Kier molecular flexibility index (Phi) is 8.63. The number of anilines is 1. The molecule has 8 heteroatoms. The number of rotatable bonds is 5. The van der Waals surface area contributed by atoms with Gasteiger partial charge in [-0.15, -0.1) is 24.8 Å². The lowest BCUT2D eigenvalue weighted by Crippen LogP contribution is -2.26. The predicted octanol–water partition coefficient (Wildman–Crippen LogP) is 5.11. The standard InChI is InChI=1S/C21H25FN4O.2ClH/c1-12(2)26-19-8-6-16(22)10-18(19)24-20(26)15-5-7-17(13(3)9-15)25-21(27)14(4)11-23;;/h5-10,12,14H,11,23H2,1-4H3,(H,25,27);2*1H. The topological polar surface area (TPSA) is 72.9 Å². The quantitative estimate of drug-likeness (QED) is 0.578. The van der Waals surface area contributed by atoms with Gasteiger partial charge >= 0.3 is 0 Å². The van der Waals surface area contributed by atoms with Crippen LogP contribution in [0.4, 0.5) is 10.1 Å². The fourth-order valence-corrected chi connectivity index (χ4v) is 3.10. The lowest BCUT2D eigenvalue weighted by molar-refractivity contribution is -0.119. The Morgan fingerprint density at radius 3 is 2.45 bits per heavy atom. The fourth-order valence-electron chi connectivity index (χ4n) is 3.10. The normalized spacial score (nSPS) is 11.7. The van der Waals surface area contributed by atoms with Gasteiger partial charge in [0.05, 0.1) is 11.0 Å². The number of aryl methyl sites for hydroxylation is 1. The van der Waals surface area contributed by atoms with Gasteiger partial charge in [-0.05, 0) is 56.7 Å². The van der Waals surface area contributed by atoms with Crippen molar-refractivity contribution in [2.45, 2.75) is 33.7 Å². The summed E-state index contributed by atoms with van der Waals surface area (Å²) in [6.45, 7) is 8.18. The molecule has 0 radical (unpaired) electrons. The number of carbonyl (C=O) groups is 1. The highest BCUT2D eigenvalue weighted by atomic mass is 35.5. The van der Waals surface area contributed by atoms with E-state index in [9.17, 15) is 9.18 Å². The van der Waals surface area contributed by atoms with E-state index in [1.807, 2.05) is 25.1 Å². The van der Waals surface area contributed by atoms with Crippen molar-refractivity contribution in [3.63, 3.8) is 0 Å². The Morgan fingerprint density at radius 1 is 1.17 bits per heavy atom. The molecule has 1 atom stereocenters. The Hall–Kier alpha value is -2.15. The highest BCUT2D eigenvalue weighted by Crippen LogP contribution is 2.31. The lowest BCUT2D eigenvalue weighted by atomic mass is 10.1. The minimum absolute atomic E-state index is 0. The van der Waals surface area contributed by atoms with Crippen molar-refractivity contribution < 1.29 is 9.18 Å². The van der Waals surface area contributed by atoms with Crippen LogP contribution in [0.2, 0.25) is 0 Å². The number of aromatic nitrogens is 2. The number of nitrogens with one attached hydrogen (secondary N) is 1. The van der Waals surface area contributed by atoms with E-state index < -0.39 is 0 Å². The predicted molar refractivity (Wildman–Crippen MR) is 122 cm³/mol. The summed E-state index contributed by atoms with van der Waals surface area (Å²) >= 11 is 0. The fraction of sp³-hybridized carbons (Fsp3) is 0.333. The lowest BCUT2D eigenvalue weighted by Gasteiger charge is -2.15. The summed E-state index contributed by atoms with van der Waals surface area (Å²) in [5.41, 5.74) is 9.69. The van der Waals surface area contributed by atoms with Crippen LogP contribution in [0, 0.1) is 18.7 Å². The number of hydrogen-bond acceptors (Lipinski definition) is 3. The maximum Gasteiger partial charge on any atom is 0.228 e. The van der Waals surface area contributed by atoms with Crippen LogP contribution in [0.25, 0.3) is 22.4 Å². The Morgan fingerprint density at radius 2 is 1.86 bits per heavy atom. The molecule has 158 valence electrons. The van der Waals surface area contributed by atoms with Crippen molar-refractivity contribution in [1.29, 1.82) is 0 Å². The van der Waals surface area contributed by atoms with Crippen LogP contribution in [0.15, 0.2) is 36.4 Å². The van der Waals surface area contributed by atoms with E-state index in [0.717, 1.165) is 28.2 Å². The van der Waals surface area contributed by atoms with Gasteiger partial charge in [0, 0.05) is 35.8 Å². The van der Waals surface area contributed by atoms with Crippen molar-refractivity contribution in [1.82, 2.24) is 9.55 Å². The number of benzene rings is 2. The first-order valence-electron chi connectivity index (χ1n) is 9.11. The minimum Gasteiger partial charge on any atom is -0.330 e. The molecule has 1 amide bonds. The molecule has 0 aliphatic rings. The second-order valence-electron chi connectivity index (χ2n) is 7.19. The van der Waals surface area contributed by atoms with E-state index in [4.69, 9.17) is 5.73 Å². The third-order valence-electron chi connectivity index (χ3n) is 4.71. The Balaban J connectivity index is 0.00000210. The van der Waals surface area contributed by atoms with Crippen molar-refractivity contribution in [2.75, 3.05) is 11.9 Å². The van der Waals surface area contributed by atoms with Gasteiger partial charge in [0.1, 0.15) is 11.6 Å². The maximum atomic E-state index is 13.6. The van der Waals surface area contributed by atoms with E-state index in [2.05, 4.69) is 28.7 Å². The number of hydrogen-bond donors (Lipinski definition) is 2. The first kappa shape index (κ1) is 24.9. The second-order valence-corrected chi connectivity index (χ2v) is 7.19. The summed E-state index contributed by atoms with van der Waals surface area (Å²) in [6.07, 6.45) is 0. The van der Waals surface area contributed by atoms with Gasteiger partial charge in [0.25, 0.3) is 0 Å². The van der Waals surface area contributed by atoms with Crippen molar-refractivity contribution >= 4 is 47.4 Å². The summed E-state index contributed by atoms with van der Waals surface area (Å²) < 4.78 is 15.7. The van der Waals surface area contributed by atoms with Crippen LogP contribution in [0.3, 0.4) is 0 Å². The van der Waals surface area contributed by atoms with Crippen molar-refractivity contribution in [3.8, 4) is 11.4 Å². The third kappa shape index (κ3) is 5.07. The molecular weight excluding hydrogens is 414 g/mol. The van der Waals surface area contributed by atoms with Crippen LogP contribution in [0.1, 0.15) is 32.4 Å². The van der Waals surface area contributed by atoms with Gasteiger partial charge in [-0.25, -0.2) is 9.37 Å². The molecule has 0 fully saturated rings. The molecular formula is C21H27Cl2FN4O. The van der Waals surface area contributed by atoms with E-state index >= 15 is 0 Å². The molecule has 2 aromatic carbocycles. The molecule has 1 heterocycles. The zero-order chi connectivity index (χ0) is 19.7.